The second-order valence-corrected chi connectivity index (χ2v) is 5.91. The Balaban J connectivity index is 1.65. The monoisotopic (exact) mass is 289 g/mol. The van der Waals surface area contributed by atoms with E-state index in [4.69, 9.17) is 4.52 Å². The van der Waals surface area contributed by atoms with E-state index in [-0.39, 0.29) is 11.2 Å². The molecular weight excluding hydrogens is 274 g/mol. The molecule has 2 heterocycles. The predicted octanol–water partition coefficient (Wildman–Crippen LogP) is 2.56. The molecule has 0 bridgehead atoms. The maximum atomic E-state index is 12.2. The summed E-state index contributed by atoms with van der Waals surface area (Å²) in [6.45, 7) is 1.78. The molecule has 2 aromatic rings. The summed E-state index contributed by atoms with van der Waals surface area (Å²) in [4.78, 5) is 16.4. The van der Waals surface area contributed by atoms with E-state index >= 15 is 0 Å². The van der Waals surface area contributed by atoms with Crippen molar-refractivity contribution in [3.63, 3.8) is 0 Å². The molecule has 104 valence electrons. The average molecular weight is 289 g/mol. The number of amides is 1. The van der Waals surface area contributed by atoms with Gasteiger partial charge in [0.2, 0.25) is 11.8 Å². The van der Waals surface area contributed by atoms with Gasteiger partial charge in [0, 0.05) is 5.69 Å². The summed E-state index contributed by atoms with van der Waals surface area (Å²) in [6.07, 6.45) is 1.72. The zero-order valence-electron chi connectivity index (χ0n) is 11.1. The molecule has 1 aliphatic rings. The van der Waals surface area contributed by atoms with Crippen LogP contribution in [0.15, 0.2) is 28.8 Å². The lowest BCUT2D eigenvalue weighted by molar-refractivity contribution is -0.115. The molecule has 1 aromatic heterocycles. The van der Waals surface area contributed by atoms with Crippen molar-refractivity contribution < 1.29 is 9.32 Å². The number of aryl methyl sites for hydroxylation is 2. The second kappa shape index (κ2) is 5.66. The Hall–Kier alpha value is -1.82. The largest absolute Gasteiger partial charge is 0.338 e. The van der Waals surface area contributed by atoms with Crippen LogP contribution in [0.5, 0.6) is 0 Å². The van der Waals surface area contributed by atoms with Crippen LogP contribution in [0, 0.1) is 6.92 Å². The third kappa shape index (κ3) is 2.85. The van der Waals surface area contributed by atoms with E-state index in [2.05, 4.69) is 21.5 Å². The Bertz CT molecular complexity index is 626. The summed E-state index contributed by atoms with van der Waals surface area (Å²) in [7, 11) is 0. The van der Waals surface area contributed by atoms with Crippen molar-refractivity contribution >= 4 is 23.4 Å². The number of rotatable bonds is 3. The quantitative estimate of drug-likeness (QED) is 0.940. The van der Waals surface area contributed by atoms with Gasteiger partial charge in [-0.2, -0.15) is 4.98 Å². The molecule has 0 unspecified atom stereocenters. The number of benzene rings is 1. The lowest BCUT2D eigenvalue weighted by Gasteiger charge is -2.11. The van der Waals surface area contributed by atoms with Gasteiger partial charge in [0.1, 0.15) is 0 Å². The van der Waals surface area contributed by atoms with E-state index in [9.17, 15) is 4.79 Å². The van der Waals surface area contributed by atoms with Gasteiger partial charge < -0.3 is 9.84 Å². The van der Waals surface area contributed by atoms with Gasteiger partial charge in [-0.1, -0.05) is 23.4 Å². The minimum Gasteiger partial charge on any atom is -0.338 e. The van der Waals surface area contributed by atoms with Crippen molar-refractivity contribution in [3.05, 3.63) is 41.5 Å². The molecule has 0 fully saturated rings. The minimum absolute atomic E-state index is 0.0520. The number of thioether (sulfide) groups is 1. The van der Waals surface area contributed by atoms with Crippen molar-refractivity contribution in [2.24, 2.45) is 0 Å². The zero-order chi connectivity index (χ0) is 13.9. The number of carbonyl (C=O) groups excluding carboxylic acids is 1. The number of anilines is 1. The zero-order valence-corrected chi connectivity index (χ0v) is 11.9. The Morgan fingerprint density at radius 2 is 2.30 bits per heavy atom. The molecule has 3 rings (SSSR count). The molecule has 0 saturated heterocycles. The van der Waals surface area contributed by atoms with Gasteiger partial charge in [-0.15, -0.1) is 11.8 Å². The number of para-hydroxylation sites is 1. The summed E-state index contributed by atoms with van der Waals surface area (Å²) < 4.78 is 5.07. The fourth-order valence-corrected chi connectivity index (χ4v) is 3.18. The molecule has 1 amide bonds. The van der Waals surface area contributed by atoms with Crippen molar-refractivity contribution in [2.45, 2.75) is 30.8 Å². The van der Waals surface area contributed by atoms with Crippen LogP contribution in [0.3, 0.4) is 0 Å². The first-order valence-electron chi connectivity index (χ1n) is 6.52. The topological polar surface area (TPSA) is 68.0 Å². The van der Waals surface area contributed by atoms with Crippen molar-refractivity contribution in [1.29, 1.82) is 0 Å². The third-order valence-corrected chi connectivity index (χ3v) is 4.49. The Morgan fingerprint density at radius 1 is 1.45 bits per heavy atom. The number of hydrogen-bond acceptors (Lipinski definition) is 5. The standard InChI is InChI=1S/C14H15N3O2S/c1-9-15-13(19-17-9)8-20-12-7-6-10-4-2-3-5-11(10)16-14(12)18/h2-5,12H,6-8H2,1H3,(H,16,18)/t12-/m1/s1. The molecule has 0 saturated carbocycles. The van der Waals surface area contributed by atoms with Gasteiger partial charge in [0.25, 0.3) is 0 Å². The van der Waals surface area contributed by atoms with E-state index in [0.29, 0.717) is 17.5 Å². The Morgan fingerprint density at radius 3 is 3.10 bits per heavy atom. The van der Waals surface area contributed by atoms with Crippen LogP contribution in [-0.4, -0.2) is 21.3 Å². The highest BCUT2D eigenvalue weighted by atomic mass is 32.2. The number of fused-ring (bicyclic) bond motifs is 1. The lowest BCUT2D eigenvalue weighted by atomic mass is 10.1. The smallest absolute Gasteiger partial charge is 0.237 e. The summed E-state index contributed by atoms with van der Waals surface area (Å²) in [5, 5.41) is 6.65. The first-order chi connectivity index (χ1) is 9.72. The van der Waals surface area contributed by atoms with Crippen LogP contribution in [0.1, 0.15) is 23.7 Å². The fraction of sp³-hybridized carbons (Fsp3) is 0.357. The van der Waals surface area contributed by atoms with Crippen molar-refractivity contribution in [3.8, 4) is 0 Å². The number of aromatic nitrogens is 2. The first kappa shape index (κ1) is 13.2. The maximum Gasteiger partial charge on any atom is 0.237 e. The van der Waals surface area contributed by atoms with E-state index in [1.54, 1.807) is 18.7 Å². The average Bonchev–Trinajstić information content (AvgIpc) is 2.78. The van der Waals surface area contributed by atoms with Gasteiger partial charge in [-0.05, 0) is 31.4 Å². The molecule has 0 radical (unpaired) electrons. The fourth-order valence-electron chi connectivity index (χ4n) is 2.22. The molecular formula is C14H15N3O2S. The SMILES string of the molecule is Cc1noc(CS[C@@H]2CCc3ccccc3NC2=O)n1. The lowest BCUT2D eigenvalue weighted by Crippen LogP contribution is -2.23. The van der Waals surface area contributed by atoms with Crippen LogP contribution in [0.2, 0.25) is 0 Å². The van der Waals surface area contributed by atoms with Crippen molar-refractivity contribution in [1.82, 2.24) is 10.1 Å². The number of hydrogen-bond donors (Lipinski definition) is 1. The van der Waals surface area contributed by atoms with E-state index in [1.165, 1.54) is 5.56 Å². The number of nitrogens with zero attached hydrogens (tertiary/aromatic N) is 2. The highest BCUT2D eigenvalue weighted by molar-refractivity contribution is 7.99. The second-order valence-electron chi connectivity index (χ2n) is 4.72. The highest BCUT2D eigenvalue weighted by Gasteiger charge is 2.24. The van der Waals surface area contributed by atoms with E-state index in [1.807, 2.05) is 18.2 Å². The minimum atomic E-state index is -0.0883. The predicted molar refractivity (Wildman–Crippen MR) is 77.5 cm³/mol. The van der Waals surface area contributed by atoms with Gasteiger partial charge in [-0.25, -0.2) is 0 Å². The normalized spacial score (nSPS) is 18.2. The number of carbonyl (C=O) groups is 1. The Kier molecular flexibility index (Phi) is 3.73. The van der Waals surface area contributed by atoms with Crippen LogP contribution < -0.4 is 5.32 Å². The van der Waals surface area contributed by atoms with Crippen LogP contribution in [0.4, 0.5) is 5.69 Å². The molecule has 5 nitrogen and oxygen atoms in total. The van der Waals surface area contributed by atoms with Crippen LogP contribution >= 0.6 is 11.8 Å². The van der Waals surface area contributed by atoms with Gasteiger partial charge >= 0.3 is 0 Å². The van der Waals surface area contributed by atoms with Crippen molar-refractivity contribution in [2.75, 3.05) is 5.32 Å². The molecule has 20 heavy (non-hydrogen) atoms. The van der Waals surface area contributed by atoms with E-state index in [0.717, 1.165) is 18.5 Å². The molecule has 1 atom stereocenters. The van der Waals surface area contributed by atoms with Gasteiger partial charge in [0.15, 0.2) is 5.82 Å². The van der Waals surface area contributed by atoms with Crippen LogP contribution in [-0.2, 0) is 17.0 Å². The molecule has 1 aromatic carbocycles. The molecule has 1 aliphatic heterocycles. The van der Waals surface area contributed by atoms with Gasteiger partial charge in [0.05, 0.1) is 11.0 Å². The third-order valence-electron chi connectivity index (χ3n) is 3.22. The summed E-state index contributed by atoms with van der Waals surface area (Å²) in [5.41, 5.74) is 2.12. The van der Waals surface area contributed by atoms with E-state index < -0.39 is 0 Å². The Labute approximate surface area is 121 Å². The van der Waals surface area contributed by atoms with Gasteiger partial charge in [-0.3, -0.25) is 4.79 Å². The summed E-state index contributed by atoms with van der Waals surface area (Å²) in [6, 6.07) is 7.94. The summed E-state index contributed by atoms with van der Waals surface area (Å²) in [5.74, 6) is 1.81. The molecule has 1 N–H and O–H groups in total. The molecule has 0 spiro atoms. The first-order valence-corrected chi connectivity index (χ1v) is 7.57. The highest BCUT2D eigenvalue weighted by Crippen LogP contribution is 2.28. The number of nitrogens with one attached hydrogen (secondary N) is 1. The molecule has 6 heteroatoms. The van der Waals surface area contributed by atoms with Crippen LogP contribution in [0.25, 0.3) is 0 Å². The maximum absolute atomic E-state index is 12.2. The molecule has 0 aliphatic carbocycles. The summed E-state index contributed by atoms with van der Waals surface area (Å²) >= 11 is 1.55.